The molecule has 0 atom stereocenters. The van der Waals surface area contributed by atoms with E-state index in [-0.39, 0.29) is 22.4 Å². The molecule has 0 aliphatic rings. The molecule has 0 saturated heterocycles. The Hall–Kier alpha value is -1.31. The van der Waals surface area contributed by atoms with Gasteiger partial charge in [-0.05, 0) is 45.9 Å². The summed E-state index contributed by atoms with van der Waals surface area (Å²) in [6.45, 7) is 7.44. The van der Waals surface area contributed by atoms with E-state index in [1.54, 1.807) is 0 Å². The minimum absolute atomic E-state index is 0.0111. The number of nitrogens with one attached hydrogen (secondary N) is 1. The smallest absolute Gasteiger partial charge is 0.243 e. The molecule has 6 nitrogen and oxygen atoms in total. The Balaban J connectivity index is 2.93. The summed E-state index contributed by atoms with van der Waals surface area (Å²) in [6.07, 6.45) is 0. The number of amides is 1. The highest BCUT2D eigenvalue weighted by Gasteiger charge is 2.25. The van der Waals surface area contributed by atoms with Crippen molar-refractivity contribution < 1.29 is 17.9 Å². The summed E-state index contributed by atoms with van der Waals surface area (Å²) in [7, 11) is -2.46. The van der Waals surface area contributed by atoms with Crippen LogP contribution in [0.25, 0.3) is 0 Å². The van der Waals surface area contributed by atoms with E-state index in [2.05, 4.69) is 5.32 Å². The Morgan fingerprint density at radius 3 is 2.43 bits per heavy atom. The number of rotatable bonds is 6. The summed E-state index contributed by atoms with van der Waals surface area (Å²) in [5.74, 6) is 0.0434. The van der Waals surface area contributed by atoms with Crippen LogP contribution in [0, 0.1) is 0 Å². The molecule has 0 spiro atoms. The van der Waals surface area contributed by atoms with Gasteiger partial charge in [0.15, 0.2) is 0 Å². The molecule has 0 bridgehead atoms. The van der Waals surface area contributed by atoms with E-state index in [1.807, 2.05) is 27.7 Å². The van der Waals surface area contributed by atoms with E-state index in [4.69, 9.17) is 16.3 Å². The number of likely N-dealkylation sites (N-methyl/N-ethyl adjacent to an activating group) is 1. The third-order valence-electron chi connectivity index (χ3n) is 2.79. The maximum Gasteiger partial charge on any atom is 0.243 e. The molecule has 1 N–H and O–H groups in total. The van der Waals surface area contributed by atoms with Gasteiger partial charge in [0.1, 0.15) is 5.75 Å². The zero-order valence-corrected chi connectivity index (χ0v) is 15.6. The number of carbonyl (C=O) groups excluding carboxylic acids is 1. The first-order valence-electron chi connectivity index (χ1n) is 7.17. The molecule has 1 amide bonds. The van der Waals surface area contributed by atoms with E-state index < -0.39 is 15.6 Å². The third-order valence-corrected chi connectivity index (χ3v) is 4.89. The van der Waals surface area contributed by atoms with Gasteiger partial charge in [-0.25, -0.2) is 8.42 Å². The van der Waals surface area contributed by atoms with Crippen LogP contribution in [0.4, 0.5) is 0 Å². The molecule has 1 aromatic rings. The Bertz CT molecular complexity index is 669. The summed E-state index contributed by atoms with van der Waals surface area (Å²) >= 11 is 6.02. The van der Waals surface area contributed by atoms with Gasteiger partial charge in [-0.1, -0.05) is 11.6 Å². The maximum atomic E-state index is 12.5. The molecule has 0 aliphatic heterocycles. The minimum atomic E-state index is -3.81. The summed E-state index contributed by atoms with van der Waals surface area (Å²) in [5.41, 5.74) is -0.426. The van der Waals surface area contributed by atoms with Crippen molar-refractivity contribution in [3.05, 3.63) is 23.2 Å². The summed E-state index contributed by atoms with van der Waals surface area (Å²) in [6, 6.07) is 4.23. The van der Waals surface area contributed by atoms with Gasteiger partial charge in [0.2, 0.25) is 15.9 Å². The number of hydrogen-bond acceptors (Lipinski definition) is 4. The average Bonchev–Trinajstić information content (AvgIpc) is 2.38. The number of ether oxygens (including phenoxy) is 1. The van der Waals surface area contributed by atoms with Crippen molar-refractivity contribution >= 4 is 27.5 Å². The highest BCUT2D eigenvalue weighted by atomic mass is 35.5. The SMILES string of the molecule is CCOc1ccc(S(=O)(=O)N(C)CC(=O)NC(C)(C)C)cc1Cl. The van der Waals surface area contributed by atoms with Crippen LogP contribution in [-0.4, -0.2) is 44.4 Å². The summed E-state index contributed by atoms with van der Waals surface area (Å²) < 4.78 is 31.3. The fourth-order valence-corrected chi connectivity index (χ4v) is 3.29. The number of benzene rings is 1. The van der Waals surface area contributed by atoms with Gasteiger partial charge in [0.05, 0.1) is 23.1 Å². The Labute approximate surface area is 142 Å². The Kier molecular flexibility index (Phi) is 6.44. The van der Waals surface area contributed by atoms with Crippen LogP contribution in [0.1, 0.15) is 27.7 Å². The standard InChI is InChI=1S/C15H23ClN2O4S/c1-6-22-13-8-7-11(9-12(13)16)23(20,21)18(5)10-14(19)17-15(2,3)4/h7-9H,6,10H2,1-5H3,(H,17,19). The van der Waals surface area contributed by atoms with Crippen LogP contribution in [0.2, 0.25) is 5.02 Å². The number of halogens is 1. The first-order valence-corrected chi connectivity index (χ1v) is 8.99. The Morgan fingerprint density at radius 1 is 1.35 bits per heavy atom. The average molecular weight is 363 g/mol. The quantitative estimate of drug-likeness (QED) is 0.842. The van der Waals surface area contributed by atoms with Crippen molar-refractivity contribution in [2.24, 2.45) is 0 Å². The van der Waals surface area contributed by atoms with Gasteiger partial charge in [-0.15, -0.1) is 0 Å². The number of carbonyl (C=O) groups is 1. The molecule has 0 aliphatic carbocycles. The molecule has 1 aromatic carbocycles. The van der Waals surface area contributed by atoms with Gasteiger partial charge in [0.25, 0.3) is 0 Å². The van der Waals surface area contributed by atoms with Crippen molar-refractivity contribution in [2.45, 2.75) is 38.1 Å². The molecular formula is C15H23ClN2O4S. The van der Waals surface area contributed by atoms with Crippen LogP contribution < -0.4 is 10.1 Å². The van der Waals surface area contributed by atoms with E-state index in [0.29, 0.717) is 12.4 Å². The van der Waals surface area contributed by atoms with Crippen molar-refractivity contribution in [3.63, 3.8) is 0 Å². The van der Waals surface area contributed by atoms with Crippen molar-refractivity contribution in [3.8, 4) is 5.75 Å². The molecule has 8 heteroatoms. The number of hydrogen-bond donors (Lipinski definition) is 1. The van der Waals surface area contributed by atoms with Gasteiger partial charge in [-0.2, -0.15) is 4.31 Å². The lowest BCUT2D eigenvalue weighted by Gasteiger charge is -2.23. The largest absolute Gasteiger partial charge is 0.492 e. The van der Waals surface area contributed by atoms with Crippen molar-refractivity contribution in [1.82, 2.24) is 9.62 Å². The predicted octanol–water partition coefficient (Wildman–Crippen LogP) is 2.27. The second kappa shape index (κ2) is 7.51. The maximum absolute atomic E-state index is 12.5. The zero-order chi connectivity index (χ0) is 17.8. The number of sulfonamides is 1. The second-order valence-corrected chi connectivity index (χ2v) is 8.54. The van der Waals surface area contributed by atoms with Crippen LogP contribution in [-0.2, 0) is 14.8 Å². The molecule has 130 valence electrons. The van der Waals surface area contributed by atoms with Crippen LogP contribution in [0.3, 0.4) is 0 Å². The lowest BCUT2D eigenvalue weighted by molar-refractivity contribution is -0.122. The van der Waals surface area contributed by atoms with Gasteiger partial charge in [-0.3, -0.25) is 4.79 Å². The first kappa shape index (κ1) is 19.7. The highest BCUT2D eigenvalue weighted by molar-refractivity contribution is 7.89. The zero-order valence-electron chi connectivity index (χ0n) is 14.0. The molecule has 0 radical (unpaired) electrons. The van der Waals surface area contributed by atoms with E-state index in [9.17, 15) is 13.2 Å². The van der Waals surface area contributed by atoms with E-state index >= 15 is 0 Å². The topological polar surface area (TPSA) is 75.7 Å². The van der Waals surface area contributed by atoms with Crippen LogP contribution in [0.15, 0.2) is 23.1 Å². The predicted molar refractivity (Wildman–Crippen MR) is 90.3 cm³/mol. The fourth-order valence-electron chi connectivity index (χ4n) is 1.84. The lowest BCUT2D eigenvalue weighted by atomic mass is 10.1. The molecule has 0 fully saturated rings. The molecule has 0 saturated carbocycles. The van der Waals surface area contributed by atoms with Crippen LogP contribution in [0.5, 0.6) is 5.75 Å². The highest BCUT2D eigenvalue weighted by Crippen LogP contribution is 2.28. The van der Waals surface area contributed by atoms with E-state index in [1.165, 1.54) is 25.2 Å². The van der Waals surface area contributed by atoms with Crippen molar-refractivity contribution in [1.29, 1.82) is 0 Å². The molecule has 0 unspecified atom stereocenters. The molecular weight excluding hydrogens is 340 g/mol. The molecule has 0 heterocycles. The monoisotopic (exact) mass is 362 g/mol. The van der Waals surface area contributed by atoms with E-state index in [0.717, 1.165) is 4.31 Å². The molecule has 23 heavy (non-hydrogen) atoms. The second-order valence-electron chi connectivity index (χ2n) is 6.08. The summed E-state index contributed by atoms with van der Waals surface area (Å²) in [4.78, 5) is 11.9. The minimum Gasteiger partial charge on any atom is -0.492 e. The Morgan fingerprint density at radius 2 is 1.96 bits per heavy atom. The fraction of sp³-hybridized carbons (Fsp3) is 0.533. The lowest BCUT2D eigenvalue weighted by Crippen LogP contribution is -2.46. The van der Waals surface area contributed by atoms with Crippen molar-refractivity contribution in [2.75, 3.05) is 20.2 Å². The first-order chi connectivity index (χ1) is 10.5. The van der Waals surface area contributed by atoms with Gasteiger partial charge >= 0.3 is 0 Å². The third kappa shape index (κ3) is 5.67. The van der Waals surface area contributed by atoms with Crippen LogP contribution >= 0.6 is 11.6 Å². The molecule has 1 rings (SSSR count). The van der Waals surface area contributed by atoms with Gasteiger partial charge < -0.3 is 10.1 Å². The summed E-state index contributed by atoms with van der Waals surface area (Å²) in [5, 5.41) is 2.93. The van der Waals surface area contributed by atoms with Gasteiger partial charge in [0, 0.05) is 12.6 Å². The number of nitrogens with zero attached hydrogens (tertiary/aromatic N) is 1. The molecule has 0 aromatic heterocycles. The normalized spacial score (nSPS) is 12.3.